The molecule has 0 aromatic heterocycles. The van der Waals surface area contributed by atoms with Crippen LogP contribution >= 0.6 is 0 Å². The van der Waals surface area contributed by atoms with Crippen molar-refractivity contribution in [3.63, 3.8) is 0 Å². The van der Waals surface area contributed by atoms with Gasteiger partial charge in [-0.25, -0.2) is 0 Å². The zero-order chi connectivity index (χ0) is 13.3. The maximum atomic E-state index is 6.19. The Labute approximate surface area is 111 Å². The number of aryl methyl sites for hydroxylation is 2. The monoisotopic (exact) mass is 246 g/mol. The number of piperidine rings is 1. The molecule has 2 rings (SSSR count). The number of benzene rings is 1. The predicted molar refractivity (Wildman–Crippen MR) is 77.6 cm³/mol. The van der Waals surface area contributed by atoms with Crippen LogP contribution in [0.5, 0.6) is 0 Å². The fourth-order valence-electron chi connectivity index (χ4n) is 2.88. The van der Waals surface area contributed by atoms with Gasteiger partial charge in [-0.1, -0.05) is 37.6 Å². The smallest absolute Gasteiger partial charge is 0.0236 e. The van der Waals surface area contributed by atoms with Gasteiger partial charge in [0, 0.05) is 25.7 Å². The zero-order valence-corrected chi connectivity index (χ0v) is 12.2. The first-order chi connectivity index (χ1) is 8.38. The molecule has 1 aromatic carbocycles. The second-order valence-corrected chi connectivity index (χ2v) is 6.52. The Morgan fingerprint density at radius 1 is 1.33 bits per heavy atom. The average Bonchev–Trinajstić information content (AvgIpc) is 2.27. The molecule has 0 amide bonds. The molecule has 18 heavy (non-hydrogen) atoms. The van der Waals surface area contributed by atoms with Crippen molar-refractivity contribution in [2.24, 2.45) is 11.1 Å². The minimum absolute atomic E-state index is 0.233. The topological polar surface area (TPSA) is 29.3 Å². The van der Waals surface area contributed by atoms with E-state index in [2.05, 4.69) is 50.8 Å². The minimum Gasteiger partial charge on any atom is -0.327 e. The summed E-state index contributed by atoms with van der Waals surface area (Å²) in [4.78, 5) is 2.54. The Morgan fingerprint density at radius 3 is 2.67 bits per heavy atom. The number of hydrogen-bond donors (Lipinski definition) is 1. The Kier molecular flexibility index (Phi) is 3.79. The number of hydrogen-bond acceptors (Lipinski definition) is 2. The Morgan fingerprint density at radius 2 is 2.06 bits per heavy atom. The number of likely N-dealkylation sites (tertiary alicyclic amines) is 1. The zero-order valence-electron chi connectivity index (χ0n) is 12.2. The fourth-order valence-corrected chi connectivity index (χ4v) is 2.88. The molecule has 0 bridgehead atoms. The van der Waals surface area contributed by atoms with Gasteiger partial charge in [0.1, 0.15) is 0 Å². The number of rotatable bonds is 2. The standard InChI is InChI=1S/C16H26N2/c1-12-5-6-14(13(2)9-12)10-18-8-7-15(17)16(3,4)11-18/h5-6,9,15H,7-8,10-11,17H2,1-4H3. The average molecular weight is 246 g/mol. The maximum Gasteiger partial charge on any atom is 0.0236 e. The van der Waals surface area contributed by atoms with Gasteiger partial charge in [0.2, 0.25) is 0 Å². The third kappa shape index (κ3) is 2.93. The molecule has 1 unspecified atom stereocenters. The Bertz CT molecular complexity index is 423. The number of nitrogens with two attached hydrogens (primary N) is 1. The van der Waals surface area contributed by atoms with Gasteiger partial charge >= 0.3 is 0 Å². The summed E-state index contributed by atoms with van der Waals surface area (Å²) in [6.07, 6.45) is 1.11. The summed E-state index contributed by atoms with van der Waals surface area (Å²) in [7, 11) is 0. The first-order valence-electron chi connectivity index (χ1n) is 6.92. The van der Waals surface area contributed by atoms with Gasteiger partial charge in [-0.2, -0.15) is 0 Å². The number of nitrogens with zero attached hydrogens (tertiary/aromatic N) is 1. The predicted octanol–water partition coefficient (Wildman–Crippen LogP) is 2.86. The molecule has 0 aliphatic carbocycles. The van der Waals surface area contributed by atoms with E-state index in [0.717, 1.165) is 26.1 Å². The van der Waals surface area contributed by atoms with Crippen molar-refractivity contribution in [2.45, 2.75) is 46.7 Å². The van der Waals surface area contributed by atoms with Crippen LogP contribution in [0.25, 0.3) is 0 Å². The van der Waals surface area contributed by atoms with Crippen LogP contribution in [0.3, 0.4) is 0 Å². The van der Waals surface area contributed by atoms with Crippen molar-refractivity contribution >= 4 is 0 Å². The summed E-state index contributed by atoms with van der Waals surface area (Å²) < 4.78 is 0. The van der Waals surface area contributed by atoms with E-state index < -0.39 is 0 Å². The second-order valence-electron chi connectivity index (χ2n) is 6.52. The lowest BCUT2D eigenvalue weighted by molar-refractivity contribution is 0.0897. The van der Waals surface area contributed by atoms with E-state index in [4.69, 9.17) is 5.73 Å². The lowest BCUT2D eigenvalue weighted by Gasteiger charge is -2.42. The highest BCUT2D eigenvalue weighted by molar-refractivity contribution is 5.30. The lowest BCUT2D eigenvalue weighted by atomic mass is 9.79. The summed E-state index contributed by atoms with van der Waals surface area (Å²) in [5, 5.41) is 0. The van der Waals surface area contributed by atoms with E-state index >= 15 is 0 Å². The molecule has 1 atom stereocenters. The molecule has 0 radical (unpaired) electrons. The van der Waals surface area contributed by atoms with E-state index in [-0.39, 0.29) is 5.41 Å². The van der Waals surface area contributed by atoms with Gasteiger partial charge in [-0.3, -0.25) is 4.90 Å². The molecule has 2 nitrogen and oxygen atoms in total. The second kappa shape index (κ2) is 5.02. The van der Waals surface area contributed by atoms with Crippen LogP contribution in [0.15, 0.2) is 18.2 Å². The lowest BCUT2D eigenvalue weighted by Crippen LogP contribution is -2.52. The van der Waals surface area contributed by atoms with Crippen LogP contribution in [-0.2, 0) is 6.54 Å². The Balaban J connectivity index is 2.06. The van der Waals surface area contributed by atoms with E-state index in [1.54, 1.807) is 0 Å². The quantitative estimate of drug-likeness (QED) is 0.869. The molecular weight excluding hydrogens is 220 g/mol. The van der Waals surface area contributed by atoms with Gasteiger partial charge in [-0.05, 0) is 36.8 Å². The molecule has 1 aliphatic rings. The van der Waals surface area contributed by atoms with Gasteiger partial charge in [-0.15, -0.1) is 0 Å². The van der Waals surface area contributed by atoms with Crippen LogP contribution < -0.4 is 5.73 Å². The van der Waals surface area contributed by atoms with Crippen molar-refractivity contribution in [2.75, 3.05) is 13.1 Å². The van der Waals surface area contributed by atoms with Gasteiger partial charge in [0.15, 0.2) is 0 Å². The highest BCUT2D eigenvalue weighted by atomic mass is 15.1. The summed E-state index contributed by atoms with van der Waals surface area (Å²) in [6, 6.07) is 7.10. The molecule has 2 heteroatoms. The van der Waals surface area contributed by atoms with Crippen LogP contribution in [0.1, 0.15) is 37.0 Å². The molecule has 1 aliphatic heterocycles. The van der Waals surface area contributed by atoms with Gasteiger partial charge < -0.3 is 5.73 Å². The summed E-state index contributed by atoms with van der Waals surface area (Å²) in [5.41, 5.74) is 10.6. The van der Waals surface area contributed by atoms with Crippen molar-refractivity contribution < 1.29 is 0 Å². The van der Waals surface area contributed by atoms with Crippen molar-refractivity contribution in [1.82, 2.24) is 4.90 Å². The van der Waals surface area contributed by atoms with E-state index in [0.29, 0.717) is 6.04 Å². The molecule has 100 valence electrons. The molecule has 2 N–H and O–H groups in total. The molecule has 0 saturated carbocycles. The highest BCUT2D eigenvalue weighted by Crippen LogP contribution is 2.28. The first-order valence-corrected chi connectivity index (χ1v) is 6.92. The summed E-state index contributed by atoms with van der Waals surface area (Å²) >= 11 is 0. The Hall–Kier alpha value is -0.860. The largest absolute Gasteiger partial charge is 0.327 e. The molecular formula is C16H26N2. The van der Waals surface area contributed by atoms with Crippen LogP contribution in [0, 0.1) is 19.3 Å². The first kappa shape index (κ1) is 13.6. The molecule has 1 heterocycles. The van der Waals surface area contributed by atoms with Crippen LogP contribution in [0.4, 0.5) is 0 Å². The van der Waals surface area contributed by atoms with Crippen molar-refractivity contribution in [1.29, 1.82) is 0 Å². The van der Waals surface area contributed by atoms with Crippen LogP contribution in [0.2, 0.25) is 0 Å². The molecule has 0 spiro atoms. The van der Waals surface area contributed by atoms with Crippen LogP contribution in [-0.4, -0.2) is 24.0 Å². The third-order valence-corrected chi connectivity index (χ3v) is 4.28. The van der Waals surface area contributed by atoms with Crippen molar-refractivity contribution in [3.05, 3.63) is 34.9 Å². The SMILES string of the molecule is Cc1ccc(CN2CCC(N)C(C)(C)C2)c(C)c1. The molecule has 1 fully saturated rings. The van der Waals surface area contributed by atoms with E-state index in [9.17, 15) is 0 Å². The highest BCUT2D eigenvalue weighted by Gasteiger charge is 2.33. The van der Waals surface area contributed by atoms with E-state index in [1.807, 2.05) is 0 Å². The molecule has 1 saturated heterocycles. The maximum absolute atomic E-state index is 6.19. The molecule has 1 aromatic rings. The minimum atomic E-state index is 0.233. The summed E-state index contributed by atoms with van der Waals surface area (Å²) in [5.74, 6) is 0. The van der Waals surface area contributed by atoms with Gasteiger partial charge in [0.05, 0.1) is 0 Å². The van der Waals surface area contributed by atoms with Crippen molar-refractivity contribution in [3.8, 4) is 0 Å². The van der Waals surface area contributed by atoms with E-state index in [1.165, 1.54) is 16.7 Å². The normalized spacial score (nSPS) is 24.2. The summed E-state index contributed by atoms with van der Waals surface area (Å²) in [6.45, 7) is 12.2. The van der Waals surface area contributed by atoms with Gasteiger partial charge in [0.25, 0.3) is 0 Å². The fraction of sp³-hybridized carbons (Fsp3) is 0.625. The third-order valence-electron chi connectivity index (χ3n) is 4.28.